The Morgan fingerprint density at radius 3 is 2.30 bits per heavy atom. The lowest BCUT2D eigenvalue weighted by Crippen LogP contribution is -2.07. The Labute approximate surface area is 59.5 Å². The molecule has 1 N–H and O–H groups in total. The van der Waals surface area contributed by atoms with Crippen LogP contribution in [-0.2, 0) is 0 Å². The van der Waals surface area contributed by atoms with Gasteiger partial charge in [0.15, 0.2) is 0 Å². The molecule has 1 atom stereocenters. The van der Waals surface area contributed by atoms with Crippen LogP contribution in [-0.4, -0.2) is 19.9 Å². The lowest BCUT2D eigenvalue weighted by atomic mass is 10.6. The molecule has 0 saturated heterocycles. The summed E-state index contributed by atoms with van der Waals surface area (Å²) in [5.74, 6) is 1.44. The molecule has 1 rings (SSSR count). The summed E-state index contributed by atoms with van der Waals surface area (Å²) in [5, 5.41) is 13.0. The van der Waals surface area contributed by atoms with Crippen LogP contribution in [0.1, 0.15) is 24.8 Å². The lowest BCUT2D eigenvalue weighted by molar-refractivity contribution is 0.107. The zero-order chi connectivity index (χ0) is 7.72. The molecule has 1 aromatic heterocycles. The van der Waals surface area contributed by atoms with Crippen LogP contribution < -0.4 is 0 Å². The van der Waals surface area contributed by atoms with Crippen molar-refractivity contribution in [2.45, 2.75) is 27.0 Å². The second kappa shape index (κ2) is 2.38. The first kappa shape index (κ1) is 7.21. The van der Waals surface area contributed by atoms with E-state index in [9.17, 15) is 0 Å². The van der Waals surface area contributed by atoms with Gasteiger partial charge in [0.1, 0.15) is 17.9 Å². The molecule has 56 valence electrons. The van der Waals surface area contributed by atoms with E-state index in [2.05, 4.69) is 10.1 Å². The van der Waals surface area contributed by atoms with Crippen LogP contribution in [0.2, 0.25) is 0 Å². The summed E-state index contributed by atoms with van der Waals surface area (Å²) in [6.45, 7) is 5.26. The van der Waals surface area contributed by atoms with Gasteiger partial charge in [-0.05, 0) is 20.8 Å². The highest BCUT2D eigenvalue weighted by Gasteiger charge is 2.05. The predicted octanol–water partition coefficient (Wildman–Crippen LogP) is 0.406. The molecule has 0 fully saturated rings. The fourth-order valence-electron chi connectivity index (χ4n) is 0.890. The lowest BCUT2D eigenvalue weighted by Gasteiger charge is -2.03. The maximum atomic E-state index is 9.08. The maximum absolute atomic E-state index is 9.08. The van der Waals surface area contributed by atoms with Crippen molar-refractivity contribution < 1.29 is 5.11 Å². The average Bonchev–Trinajstić information content (AvgIpc) is 2.10. The van der Waals surface area contributed by atoms with Crippen LogP contribution in [0.4, 0.5) is 0 Å². The summed E-state index contributed by atoms with van der Waals surface area (Å²) in [5.41, 5.74) is 0. The minimum atomic E-state index is -0.582. The fourth-order valence-corrected chi connectivity index (χ4v) is 0.890. The molecule has 0 radical (unpaired) electrons. The van der Waals surface area contributed by atoms with Crippen LogP contribution in [0.5, 0.6) is 0 Å². The van der Waals surface area contributed by atoms with Gasteiger partial charge in [-0.1, -0.05) is 0 Å². The summed E-state index contributed by atoms with van der Waals surface area (Å²) < 4.78 is 1.48. The van der Waals surface area contributed by atoms with Crippen molar-refractivity contribution in [3.63, 3.8) is 0 Å². The van der Waals surface area contributed by atoms with Gasteiger partial charge in [0.2, 0.25) is 0 Å². The molecular formula is C6H11N3O. The third-order valence-electron chi connectivity index (χ3n) is 1.26. The standard InChI is InChI=1S/C6H11N3O/c1-4-7-5(2)9(8-4)6(3)10/h6,10H,1-3H3. The van der Waals surface area contributed by atoms with E-state index in [0.717, 1.165) is 5.82 Å². The second-order valence-corrected chi connectivity index (χ2v) is 2.28. The number of rotatable bonds is 1. The number of nitrogens with zero attached hydrogens (tertiary/aromatic N) is 3. The molecule has 0 saturated carbocycles. The number of hydrogen-bond acceptors (Lipinski definition) is 3. The molecule has 0 aliphatic heterocycles. The summed E-state index contributed by atoms with van der Waals surface area (Å²) in [4.78, 5) is 4.02. The van der Waals surface area contributed by atoms with Gasteiger partial charge < -0.3 is 5.11 Å². The normalized spacial score (nSPS) is 13.6. The average molecular weight is 141 g/mol. The largest absolute Gasteiger partial charge is 0.372 e. The van der Waals surface area contributed by atoms with E-state index in [-0.39, 0.29) is 0 Å². The molecular weight excluding hydrogens is 130 g/mol. The fraction of sp³-hybridized carbons (Fsp3) is 0.667. The van der Waals surface area contributed by atoms with Crippen LogP contribution in [0.25, 0.3) is 0 Å². The van der Waals surface area contributed by atoms with Crippen LogP contribution in [0.3, 0.4) is 0 Å². The number of aryl methyl sites for hydroxylation is 2. The molecule has 4 nitrogen and oxygen atoms in total. The molecule has 4 heteroatoms. The Bertz CT molecular complexity index is 229. The van der Waals surface area contributed by atoms with Gasteiger partial charge in [0.25, 0.3) is 0 Å². The number of aliphatic hydroxyl groups is 1. The molecule has 0 aromatic carbocycles. The first-order valence-corrected chi connectivity index (χ1v) is 3.19. The first-order chi connectivity index (χ1) is 4.61. The van der Waals surface area contributed by atoms with Gasteiger partial charge >= 0.3 is 0 Å². The van der Waals surface area contributed by atoms with Crippen molar-refractivity contribution in [1.82, 2.24) is 14.8 Å². The molecule has 1 aromatic rings. The van der Waals surface area contributed by atoms with E-state index in [1.165, 1.54) is 4.68 Å². The maximum Gasteiger partial charge on any atom is 0.147 e. The van der Waals surface area contributed by atoms with Crippen molar-refractivity contribution in [3.8, 4) is 0 Å². The third-order valence-corrected chi connectivity index (χ3v) is 1.26. The minimum Gasteiger partial charge on any atom is -0.372 e. The molecule has 0 bridgehead atoms. The zero-order valence-corrected chi connectivity index (χ0v) is 6.37. The minimum absolute atomic E-state index is 0.582. The molecule has 0 aliphatic carbocycles. The Balaban J connectivity index is 3.03. The number of hydrogen-bond donors (Lipinski definition) is 1. The first-order valence-electron chi connectivity index (χ1n) is 3.19. The van der Waals surface area contributed by atoms with Gasteiger partial charge in [0, 0.05) is 0 Å². The van der Waals surface area contributed by atoms with E-state index in [4.69, 9.17) is 5.11 Å². The van der Waals surface area contributed by atoms with Gasteiger partial charge in [-0.2, -0.15) is 5.10 Å². The molecule has 0 aliphatic rings. The van der Waals surface area contributed by atoms with Crippen molar-refractivity contribution in [2.24, 2.45) is 0 Å². The van der Waals surface area contributed by atoms with Crippen LogP contribution in [0.15, 0.2) is 0 Å². The molecule has 10 heavy (non-hydrogen) atoms. The van der Waals surface area contributed by atoms with E-state index >= 15 is 0 Å². The van der Waals surface area contributed by atoms with Crippen LogP contribution >= 0.6 is 0 Å². The van der Waals surface area contributed by atoms with Crippen LogP contribution in [0, 0.1) is 13.8 Å². The van der Waals surface area contributed by atoms with Gasteiger partial charge in [-0.15, -0.1) is 0 Å². The predicted molar refractivity (Wildman–Crippen MR) is 36.4 cm³/mol. The highest BCUT2D eigenvalue weighted by molar-refractivity contribution is 4.87. The highest BCUT2D eigenvalue weighted by atomic mass is 16.3. The molecule has 0 spiro atoms. The molecule has 1 unspecified atom stereocenters. The van der Waals surface area contributed by atoms with E-state index in [1.54, 1.807) is 13.8 Å². The quantitative estimate of drug-likeness (QED) is 0.616. The van der Waals surface area contributed by atoms with Crippen molar-refractivity contribution in [3.05, 3.63) is 11.6 Å². The molecule has 0 amide bonds. The number of aromatic nitrogens is 3. The van der Waals surface area contributed by atoms with E-state index < -0.39 is 6.23 Å². The van der Waals surface area contributed by atoms with Gasteiger partial charge in [-0.3, -0.25) is 0 Å². The van der Waals surface area contributed by atoms with E-state index in [0.29, 0.717) is 5.82 Å². The summed E-state index contributed by atoms with van der Waals surface area (Å²) in [6.07, 6.45) is -0.582. The smallest absolute Gasteiger partial charge is 0.147 e. The van der Waals surface area contributed by atoms with Crippen molar-refractivity contribution in [2.75, 3.05) is 0 Å². The Morgan fingerprint density at radius 2 is 2.10 bits per heavy atom. The number of aliphatic hydroxyl groups excluding tert-OH is 1. The summed E-state index contributed by atoms with van der Waals surface area (Å²) in [7, 11) is 0. The second-order valence-electron chi connectivity index (χ2n) is 2.28. The van der Waals surface area contributed by atoms with Crippen molar-refractivity contribution in [1.29, 1.82) is 0 Å². The van der Waals surface area contributed by atoms with Gasteiger partial charge in [-0.25, -0.2) is 9.67 Å². The summed E-state index contributed by atoms with van der Waals surface area (Å²) >= 11 is 0. The highest BCUT2D eigenvalue weighted by Crippen LogP contribution is 2.02. The van der Waals surface area contributed by atoms with Crippen molar-refractivity contribution >= 4 is 0 Å². The summed E-state index contributed by atoms with van der Waals surface area (Å²) in [6, 6.07) is 0. The van der Waals surface area contributed by atoms with E-state index in [1.807, 2.05) is 6.92 Å². The molecule has 1 heterocycles. The third kappa shape index (κ3) is 1.16. The Hall–Kier alpha value is -0.900. The topological polar surface area (TPSA) is 50.9 Å². The monoisotopic (exact) mass is 141 g/mol. The Kier molecular flexibility index (Phi) is 1.72. The van der Waals surface area contributed by atoms with Gasteiger partial charge in [0.05, 0.1) is 0 Å². The zero-order valence-electron chi connectivity index (χ0n) is 6.37. The SMILES string of the molecule is Cc1nc(C)n(C(C)O)n1. The Morgan fingerprint density at radius 1 is 1.50 bits per heavy atom.